The zero-order valence-corrected chi connectivity index (χ0v) is 9.40. The van der Waals surface area contributed by atoms with Gasteiger partial charge in [-0.15, -0.1) is 0 Å². The van der Waals surface area contributed by atoms with Crippen molar-refractivity contribution >= 4 is 9.84 Å². The van der Waals surface area contributed by atoms with E-state index in [0.29, 0.717) is 12.0 Å². The average Bonchev–Trinajstić information content (AvgIpc) is 2.14. The maximum absolute atomic E-state index is 12.1. The summed E-state index contributed by atoms with van der Waals surface area (Å²) in [4.78, 5) is -0.227. The van der Waals surface area contributed by atoms with E-state index in [1.54, 1.807) is 13.0 Å². The summed E-state index contributed by atoms with van der Waals surface area (Å²) < 4.78 is 59.3. The Morgan fingerprint density at radius 2 is 1.75 bits per heavy atom. The number of benzene rings is 1. The molecule has 0 unspecified atom stereocenters. The Labute approximate surface area is 92.0 Å². The van der Waals surface area contributed by atoms with Crippen molar-refractivity contribution in [1.29, 1.82) is 0 Å². The van der Waals surface area contributed by atoms with Gasteiger partial charge in [0.1, 0.15) is 0 Å². The summed E-state index contributed by atoms with van der Waals surface area (Å²) in [5.41, 5.74) is 0.409. The maximum atomic E-state index is 12.1. The van der Waals surface area contributed by atoms with E-state index in [1.165, 1.54) is 18.2 Å². The van der Waals surface area contributed by atoms with Gasteiger partial charge < -0.3 is 0 Å². The fourth-order valence-electron chi connectivity index (χ4n) is 1.39. The summed E-state index contributed by atoms with van der Waals surface area (Å²) in [6, 6.07) is 5.75. The molecule has 16 heavy (non-hydrogen) atoms. The highest BCUT2D eigenvalue weighted by Crippen LogP contribution is 2.24. The van der Waals surface area contributed by atoms with Gasteiger partial charge in [-0.25, -0.2) is 8.42 Å². The van der Waals surface area contributed by atoms with Crippen LogP contribution < -0.4 is 0 Å². The van der Waals surface area contributed by atoms with E-state index in [4.69, 9.17) is 0 Å². The number of hydrogen-bond donors (Lipinski definition) is 0. The lowest BCUT2D eigenvalue weighted by Crippen LogP contribution is -2.23. The van der Waals surface area contributed by atoms with Crippen molar-refractivity contribution < 1.29 is 21.6 Å². The topological polar surface area (TPSA) is 34.1 Å². The quantitative estimate of drug-likeness (QED) is 0.828. The van der Waals surface area contributed by atoms with E-state index in [-0.39, 0.29) is 4.90 Å². The lowest BCUT2D eigenvalue weighted by atomic mass is 10.2. The first-order chi connectivity index (χ1) is 7.26. The van der Waals surface area contributed by atoms with Gasteiger partial charge in [-0.05, 0) is 18.1 Å². The standard InChI is InChI=1S/C10H11F3O2S/c1-2-8-5-3-4-6-9(8)16(14,15)7-10(11,12)13/h3-6H,2,7H2,1H3. The predicted molar refractivity (Wildman–Crippen MR) is 53.9 cm³/mol. The smallest absolute Gasteiger partial charge is 0.223 e. The summed E-state index contributed by atoms with van der Waals surface area (Å²) in [6.45, 7) is 1.70. The van der Waals surface area contributed by atoms with Gasteiger partial charge in [-0.2, -0.15) is 13.2 Å². The van der Waals surface area contributed by atoms with E-state index in [2.05, 4.69) is 0 Å². The number of alkyl halides is 3. The van der Waals surface area contributed by atoms with Crippen molar-refractivity contribution in [2.24, 2.45) is 0 Å². The Balaban J connectivity index is 3.17. The molecule has 0 radical (unpaired) electrons. The molecule has 0 saturated carbocycles. The molecule has 0 fully saturated rings. The van der Waals surface area contributed by atoms with Crippen molar-refractivity contribution in [3.05, 3.63) is 29.8 Å². The van der Waals surface area contributed by atoms with Crippen molar-refractivity contribution in [1.82, 2.24) is 0 Å². The van der Waals surface area contributed by atoms with Crippen LogP contribution in [0, 0.1) is 0 Å². The van der Waals surface area contributed by atoms with Crippen molar-refractivity contribution in [3.8, 4) is 0 Å². The van der Waals surface area contributed by atoms with Crippen LogP contribution in [0.4, 0.5) is 13.2 Å². The van der Waals surface area contributed by atoms with E-state index >= 15 is 0 Å². The minimum Gasteiger partial charge on any atom is -0.223 e. The third-order valence-electron chi connectivity index (χ3n) is 2.04. The molecule has 90 valence electrons. The number of aryl methyl sites for hydroxylation is 1. The second-order valence-corrected chi connectivity index (χ2v) is 5.29. The van der Waals surface area contributed by atoms with Gasteiger partial charge in [0, 0.05) is 0 Å². The van der Waals surface area contributed by atoms with E-state index < -0.39 is 21.8 Å². The van der Waals surface area contributed by atoms with Crippen LogP contribution in [0.2, 0.25) is 0 Å². The second kappa shape index (κ2) is 4.45. The summed E-state index contributed by atoms with van der Waals surface area (Å²) in [6.07, 6.45) is -4.33. The molecule has 0 heterocycles. The van der Waals surface area contributed by atoms with Crippen LogP contribution in [0.25, 0.3) is 0 Å². The lowest BCUT2D eigenvalue weighted by Gasteiger charge is -2.10. The van der Waals surface area contributed by atoms with Crippen LogP contribution in [0.5, 0.6) is 0 Å². The summed E-state index contributed by atoms with van der Waals surface area (Å²) in [5.74, 6) is -1.81. The lowest BCUT2D eigenvalue weighted by molar-refractivity contribution is -0.106. The van der Waals surface area contributed by atoms with E-state index in [9.17, 15) is 21.6 Å². The van der Waals surface area contributed by atoms with Crippen LogP contribution in [0.1, 0.15) is 12.5 Å². The van der Waals surface area contributed by atoms with Gasteiger partial charge >= 0.3 is 6.18 Å². The van der Waals surface area contributed by atoms with Gasteiger partial charge in [0.05, 0.1) is 4.90 Å². The number of sulfone groups is 1. The Bertz CT molecular complexity index is 463. The predicted octanol–water partition coefficient (Wildman–Crippen LogP) is 2.59. The molecule has 0 aromatic heterocycles. The largest absolute Gasteiger partial charge is 0.403 e. The van der Waals surface area contributed by atoms with Crippen LogP contribution in [0.3, 0.4) is 0 Å². The highest BCUT2D eigenvalue weighted by Gasteiger charge is 2.36. The molecule has 0 amide bonds. The normalized spacial score (nSPS) is 12.8. The first-order valence-electron chi connectivity index (χ1n) is 4.63. The van der Waals surface area contributed by atoms with Crippen LogP contribution in [0.15, 0.2) is 29.2 Å². The number of halogens is 3. The fourth-order valence-corrected chi connectivity index (χ4v) is 2.88. The Morgan fingerprint density at radius 3 is 2.25 bits per heavy atom. The second-order valence-electron chi connectivity index (χ2n) is 3.34. The van der Waals surface area contributed by atoms with Gasteiger partial charge in [0.25, 0.3) is 0 Å². The molecular formula is C10H11F3O2S. The third kappa shape index (κ3) is 3.23. The average molecular weight is 252 g/mol. The summed E-state index contributed by atoms with van der Waals surface area (Å²) in [5, 5.41) is 0. The molecule has 0 saturated heterocycles. The van der Waals surface area contributed by atoms with Gasteiger partial charge in [-0.3, -0.25) is 0 Å². The minimum atomic E-state index is -4.71. The molecule has 1 aromatic carbocycles. The monoisotopic (exact) mass is 252 g/mol. The summed E-state index contributed by atoms with van der Waals surface area (Å²) >= 11 is 0. The maximum Gasteiger partial charge on any atom is 0.403 e. The zero-order chi connectivity index (χ0) is 12.4. The van der Waals surface area contributed by atoms with Gasteiger partial charge in [0.2, 0.25) is 0 Å². The molecule has 0 N–H and O–H groups in total. The molecular weight excluding hydrogens is 241 g/mol. The third-order valence-corrected chi connectivity index (χ3v) is 3.82. The molecule has 0 atom stereocenters. The number of rotatable bonds is 3. The molecule has 0 bridgehead atoms. The Kier molecular flexibility index (Phi) is 3.62. The first kappa shape index (κ1) is 13.0. The molecule has 0 spiro atoms. The molecule has 0 aliphatic heterocycles. The number of hydrogen-bond acceptors (Lipinski definition) is 2. The Hall–Kier alpha value is -1.04. The van der Waals surface area contributed by atoms with Crippen molar-refractivity contribution in [2.75, 3.05) is 5.75 Å². The first-order valence-corrected chi connectivity index (χ1v) is 6.29. The van der Waals surface area contributed by atoms with Crippen LogP contribution in [-0.2, 0) is 16.3 Å². The Morgan fingerprint density at radius 1 is 1.19 bits per heavy atom. The van der Waals surface area contributed by atoms with Gasteiger partial charge in [-0.1, -0.05) is 25.1 Å². The minimum absolute atomic E-state index is 0.227. The highest BCUT2D eigenvalue weighted by molar-refractivity contribution is 7.91. The zero-order valence-electron chi connectivity index (χ0n) is 8.58. The van der Waals surface area contributed by atoms with E-state index in [0.717, 1.165) is 0 Å². The highest BCUT2D eigenvalue weighted by atomic mass is 32.2. The van der Waals surface area contributed by atoms with E-state index in [1.807, 2.05) is 0 Å². The van der Waals surface area contributed by atoms with Gasteiger partial charge in [0.15, 0.2) is 15.6 Å². The van der Waals surface area contributed by atoms with Crippen molar-refractivity contribution in [3.63, 3.8) is 0 Å². The molecule has 1 rings (SSSR count). The molecule has 0 aliphatic rings. The molecule has 2 nitrogen and oxygen atoms in total. The fraction of sp³-hybridized carbons (Fsp3) is 0.400. The molecule has 1 aromatic rings. The van der Waals surface area contributed by atoms with Crippen LogP contribution >= 0.6 is 0 Å². The summed E-state index contributed by atoms with van der Waals surface area (Å²) in [7, 11) is -4.29. The van der Waals surface area contributed by atoms with Crippen molar-refractivity contribution in [2.45, 2.75) is 24.4 Å². The molecule has 6 heteroatoms. The SMILES string of the molecule is CCc1ccccc1S(=O)(=O)CC(F)(F)F. The molecule has 0 aliphatic carbocycles. The van der Waals surface area contributed by atoms with Crippen LogP contribution in [-0.4, -0.2) is 20.3 Å².